The molecule has 0 atom stereocenters. The van der Waals surface area contributed by atoms with E-state index in [-0.39, 0.29) is 5.91 Å². The Balaban J connectivity index is 1.28. The van der Waals surface area contributed by atoms with E-state index in [1.807, 2.05) is 49.4 Å². The van der Waals surface area contributed by atoms with Gasteiger partial charge in [0.2, 0.25) is 0 Å². The van der Waals surface area contributed by atoms with Crippen molar-refractivity contribution < 1.29 is 9.53 Å². The Kier molecular flexibility index (Phi) is 7.97. The summed E-state index contributed by atoms with van der Waals surface area (Å²) in [4.78, 5) is 17.2. The summed E-state index contributed by atoms with van der Waals surface area (Å²) in [6.07, 6.45) is 3.93. The SMILES string of the molecule is Cc1cccc(OCCn2c(CCCCCNC(=O)c3ccccc3C)nc3ccccc32)c1. The van der Waals surface area contributed by atoms with Crippen molar-refractivity contribution >= 4 is 16.9 Å². The highest BCUT2D eigenvalue weighted by Crippen LogP contribution is 2.19. The molecular weight excluding hydrogens is 422 g/mol. The minimum Gasteiger partial charge on any atom is -0.492 e. The van der Waals surface area contributed by atoms with Crippen molar-refractivity contribution in [2.24, 2.45) is 0 Å². The molecule has 4 aromatic rings. The second-order valence-electron chi connectivity index (χ2n) is 8.71. The number of nitrogens with one attached hydrogen (secondary N) is 1. The maximum atomic E-state index is 12.3. The van der Waals surface area contributed by atoms with E-state index in [1.54, 1.807) is 0 Å². The molecule has 0 aliphatic rings. The predicted molar refractivity (Wildman–Crippen MR) is 137 cm³/mol. The highest BCUT2D eigenvalue weighted by Gasteiger charge is 2.11. The molecule has 0 saturated carbocycles. The molecule has 0 saturated heterocycles. The summed E-state index contributed by atoms with van der Waals surface area (Å²) in [5.41, 5.74) is 5.13. The lowest BCUT2D eigenvalue weighted by atomic mass is 10.1. The maximum Gasteiger partial charge on any atom is 0.251 e. The van der Waals surface area contributed by atoms with Gasteiger partial charge in [0.15, 0.2) is 0 Å². The molecule has 1 amide bonds. The van der Waals surface area contributed by atoms with Gasteiger partial charge in [-0.2, -0.15) is 0 Å². The fourth-order valence-electron chi connectivity index (χ4n) is 4.24. The third kappa shape index (κ3) is 6.04. The highest BCUT2D eigenvalue weighted by molar-refractivity contribution is 5.95. The van der Waals surface area contributed by atoms with Crippen LogP contribution < -0.4 is 10.1 Å². The number of nitrogens with zero attached hydrogens (tertiary/aromatic N) is 2. The van der Waals surface area contributed by atoms with Crippen LogP contribution in [-0.4, -0.2) is 28.6 Å². The number of unbranched alkanes of at least 4 members (excludes halogenated alkanes) is 2. The molecule has 0 radical (unpaired) electrons. The highest BCUT2D eigenvalue weighted by atomic mass is 16.5. The maximum absolute atomic E-state index is 12.3. The van der Waals surface area contributed by atoms with E-state index < -0.39 is 0 Å². The molecule has 0 aliphatic carbocycles. The third-order valence-corrected chi connectivity index (χ3v) is 6.06. The predicted octanol–water partition coefficient (Wildman–Crippen LogP) is 5.87. The van der Waals surface area contributed by atoms with Crippen LogP contribution in [0.1, 0.15) is 46.6 Å². The molecule has 0 fully saturated rings. The summed E-state index contributed by atoms with van der Waals surface area (Å²) in [5, 5.41) is 3.04. The summed E-state index contributed by atoms with van der Waals surface area (Å²) in [6.45, 7) is 6.08. The number of para-hydroxylation sites is 2. The van der Waals surface area contributed by atoms with Crippen molar-refractivity contribution in [1.29, 1.82) is 0 Å². The lowest BCUT2D eigenvalue weighted by Crippen LogP contribution is -2.25. The van der Waals surface area contributed by atoms with E-state index in [1.165, 1.54) is 5.56 Å². The van der Waals surface area contributed by atoms with Crippen LogP contribution in [0.5, 0.6) is 5.75 Å². The van der Waals surface area contributed by atoms with E-state index in [2.05, 4.69) is 47.1 Å². The zero-order valence-corrected chi connectivity index (χ0v) is 20.1. The van der Waals surface area contributed by atoms with Gasteiger partial charge in [-0.15, -0.1) is 0 Å². The van der Waals surface area contributed by atoms with Gasteiger partial charge in [0.1, 0.15) is 18.2 Å². The largest absolute Gasteiger partial charge is 0.492 e. The van der Waals surface area contributed by atoms with Gasteiger partial charge in [-0.1, -0.05) is 48.9 Å². The molecular formula is C29H33N3O2. The number of benzene rings is 3. The monoisotopic (exact) mass is 455 g/mol. The van der Waals surface area contributed by atoms with Crippen LogP contribution in [0.3, 0.4) is 0 Å². The van der Waals surface area contributed by atoms with Gasteiger partial charge in [-0.25, -0.2) is 4.98 Å². The number of hydrogen-bond donors (Lipinski definition) is 1. The standard InChI is InChI=1S/C29H33N3O2/c1-22-11-10-13-24(21-22)34-20-19-32-27-16-8-7-15-26(27)31-28(32)17-4-3-9-18-30-29(33)25-14-6-5-12-23(25)2/h5-8,10-16,21H,3-4,9,17-20H2,1-2H3,(H,30,33). The Hall–Kier alpha value is -3.60. The number of aromatic nitrogens is 2. The van der Waals surface area contributed by atoms with Gasteiger partial charge < -0.3 is 14.6 Å². The fraction of sp³-hybridized carbons (Fsp3) is 0.310. The van der Waals surface area contributed by atoms with E-state index in [0.29, 0.717) is 13.2 Å². The van der Waals surface area contributed by atoms with Crippen molar-refractivity contribution in [2.45, 2.75) is 46.1 Å². The van der Waals surface area contributed by atoms with Crippen molar-refractivity contribution in [1.82, 2.24) is 14.9 Å². The summed E-state index contributed by atoms with van der Waals surface area (Å²) in [6, 6.07) is 24.1. The van der Waals surface area contributed by atoms with Crippen molar-refractivity contribution in [2.75, 3.05) is 13.2 Å². The normalized spacial score (nSPS) is 11.0. The Morgan fingerprint density at radius 2 is 1.76 bits per heavy atom. The van der Waals surface area contributed by atoms with Crippen LogP contribution in [0.4, 0.5) is 0 Å². The molecule has 0 spiro atoms. The quantitative estimate of drug-likeness (QED) is 0.288. The van der Waals surface area contributed by atoms with Crippen LogP contribution in [0.15, 0.2) is 72.8 Å². The molecule has 34 heavy (non-hydrogen) atoms. The van der Waals surface area contributed by atoms with Crippen LogP contribution in [0.2, 0.25) is 0 Å². The van der Waals surface area contributed by atoms with Crippen molar-refractivity contribution in [3.05, 3.63) is 95.3 Å². The number of hydrogen-bond acceptors (Lipinski definition) is 3. The molecule has 0 bridgehead atoms. The first-order valence-corrected chi connectivity index (χ1v) is 12.1. The number of rotatable bonds is 11. The zero-order chi connectivity index (χ0) is 23.8. The Bertz CT molecular complexity index is 1250. The zero-order valence-electron chi connectivity index (χ0n) is 20.1. The fourth-order valence-corrected chi connectivity index (χ4v) is 4.24. The number of imidazole rings is 1. The smallest absolute Gasteiger partial charge is 0.251 e. The number of fused-ring (bicyclic) bond motifs is 1. The number of ether oxygens (including phenoxy) is 1. The van der Waals surface area contributed by atoms with E-state index in [0.717, 1.165) is 66.0 Å². The molecule has 1 aromatic heterocycles. The molecule has 0 aliphatic heterocycles. The first-order valence-electron chi connectivity index (χ1n) is 12.1. The van der Waals surface area contributed by atoms with Crippen LogP contribution in [-0.2, 0) is 13.0 Å². The van der Waals surface area contributed by atoms with Gasteiger partial charge in [0.25, 0.3) is 5.91 Å². The molecule has 4 rings (SSSR count). The van der Waals surface area contributed by atoms with Crippen molar-refractivity contribution in [3.8, 4) is 5.75 Å². The van der Waals surface area contributed by atoms with E-state index in [4.69, 9.17) is 9.72 Å². The summed E-state index contributed by atoms with van der Waals surface area (Å²) < 4.78 is 8.28. The summed E-state index contributed by atoms with van der Waals surface area (Å²) >= 11 is 0. The summed E-state index contributed by atoms with van der Waals surface area (Å²) in [5.74, 6) is 2.00. The van der Waals surface area contributed by atoms with E-state index in [9.17, 15) is 4.79 Å². The molecule has 5 heteroatoms. The number of aryl methyl sites for hydroxylation is 3. The second-order valence-corrected chi connectivity index (χ2v) is 8.71. The number of amides is 1. The van der Waals surface area contributed by atoms with Crippen LogP contribution >= 0.6 is 0 Å². The van der Waals surface area contributed by atoms with Crippen LogP contribution in [0, 0.1) is 13.8 Å². The summed E-state index contributed by atoms with van der Waals surface area (Å²) in [7, 11) is 0. The van der Waals surface area contributed by atoms with Gasteiger partial charge in [-0.05, 0) is 68.1 Å². The molecule has 3 aromatic carbocycles. The number of carbonyl (C=O) groups excluding carboxylic acids is 1. The molecule has 5 nitrogen and oxygen atoms in total. The van der Waals surface area contributed by atoms with E-state index >= 15 is 0 Å². The first kappa shape index (κ1) is 23.6. The molecule has 1 N–H and O–H groups in total. The lowest BCUT2D eigenvalue weighted by molar-refractivity contribution is 0.0952. The Morgan fingerprint density at radius 3 is 2.62 bits per heavy atom. The average molecular weight is 456 g/mol. The van der Waals surface area contributed by atoms with Gasteiger partial charge in [-0.3, -0.25) is 4.79 Å². The van der Waals surface area contributed by atoms with Gasteiger partial charge in [0, 0.05) is 18.5 Å². The molecule has 176 valence electrons. The Labute approximate surface area is 201 Å². The third-order valence-electron chi connectivity index (χ3n) is 6.06. The molecule has 1 heterocycles. The average Bonchev–Trinajstić information content (AvgIpc) is 3.19. The molecule has 0 unspecified atom stereocenters. The first-order chi connectivity index (χ1) is 16.6. The lowest BCUT2D eigenvalue weighted by Gasteiger charge is -2.11. The second kappa shape index (κ2) is 11.5. The minimum absolute atomic E-state index is 0.00787. The Morgan fingerprint density at radius 1 is 0.941 bits per heavy atom. The van der Waals surface area contributed by atoms with Gasteiger partial charge in [0.05, 0.1) is 17.6 Å². The van der Waals surface area contributed by atoms with Crippen LogP contribution in [0.25, 0.3) is 11.0 Å². The topological polar surface area (TPSA) is 56.1 Å². The van der Waals surface area contributed by atoms with Crippen molar-refractivity contribution in [3.63, 3.8) is 0 Å². The minimum atomic E-state index is 0.00787. The number of carbonyl (C=O) groups is 1. The van der Waals surface area contributed by atoms with Gasteiger partial charge >= 0.3 is 0 Å².